The van der Waals surface area contributed by atoms with Gasteiger partial charge in [0.2, 0.25) is 5.75 Å². The Balaban J connectivity index is 1.63. The molecule has 176 valence electrons. The minimum Gasteiger partial charge on any atom is -0.493 e. The van der Waals surface area contributed by atoms with Gasteiger partial charge in [-0.3, -0.25) is 9.59 Å². The van der Waals surface area contributed by atoms with Crippen molar-refractivity contribution in [2.24, 2.45) is 10.8 Å². The summed E-state index contributed by atoms with van der Waals surface area (Å²) in [6.07, 6.45) is 1.45. The molecule has 7 nitrogen and oxygen atoms in total. The second-order valence-corrected chi connectivity index (χ2v) is 9.94. The Morgan fingerprint density at radius 2 is 1.76 bits per heavy atom. The molecule has 1 fully saturated rings. The number of rotatable bonds is 8. The van der Waals surface area contributed by atoms with Gasteiger partial charge >= 0.3 is 5.97 Å². The molecule has 2 aliphatic rings. The average Bonchev–Trinajstić information content (AvgIpc) is 3.50. The highest BCUT2D eigenvalue weighted by atomic mass is 16.5. The summed E-state index contributed by atoms with van der Waals surface area (Å²) in [5.74, 6) is 1.22. The number of methoxy groups -OCH3 is 2. The number of hydrogen-bond acceptors (Lipinski definition) is 6. The van der Waals surface area contributed by atoms with Gasteiger partial charge in [0.1, 0.15) is 12.0 Å². The van der Waals surface area contributed by atoms with Crippen LogP contribution in [0.2, 0.25) is 0 Å². The molecule has 0 saturated heterocycles. The van der Waals surface area contributed by atoms with Gasteiger partial charge in [0, 0.05) is 17.7 Å². The topological polar surface area (TPSA) is 83.1 Å². The summed E-state index contributed by atoms with van der Waals surface area (Å²) in [6, 6.07) is 9.41. The van der Waals surface area contributed by atoms with E-state index in [0.29, 0.717) is 36.0 Å². The summed E-state index contributed by atoms with van der Waals surface area (Å²) < 4.78 is 23.0. The number of amides is 1. The molecule has 7 heteroatoms. The molecular weight excluding hydrogens is 422 g/mol. The van der Waals surface area contributed by atoms with E-state index >= 15 is 0 Å². The molecule has 1 saturated carbocycles. The van der Waals surface area contributed by atoms with Crippen molar-refractivity contribution >= 4 is 11.9 Å². The van der Waals surface area contributed by atoms with Gasteiger partial charge in [-0.05, 0) is 53.6 Å². The zero-order valence-corrected chi connectivity index (χ0v) is 19.9. The highest BCUT2D eigenvalue weighted by Gasteiger charge is 2.52. The second-order valence-electron chi connectivity index (χ2n) is 9.94. The van der Waals surface area contributed by atoms with Crippen LogP contribution in [0.4, 0.5) is 0 Å². The summed E-state index contributed by atoms with van der Waals surface area (Å²) in [5, 5.41) is 2.84. The van der Waals surface area contributed by atoms with Crippen molar-refractivity contribution < 1.29 is 28.5 Å². The Labute approximate surface area is 194 Å². The number of fused-ring (bicyclic) bond motifs is 1. The van der Waals surface area contributed by atoms with Crippen LogP contribution in [-0.2, 0) is 16.1 Å². The van der Waals surface area contributed by atoms with E-state index in [4.69, 9.17) is 18.9 Å². The Morgan fingerprint density at radius 3 is 2.39 bits per heavy atom. The van der Waals surface area contributed by atoms with E-state index in [9.17, 15) is 9.59 Å². The molecule has 33 heavy (non-hydrogen) atoms. The molecule has 1 N–H and O–H groups in total. The van der Waals surface area contributed by atoms with Crippen molar-refractivity contribution in [1.29, 1.82) is 0 Å². The molecule has 1 heterocycles. The van der Waals surface area contributed by atoms with E-state index in [-0.39, 0.29) is 23.9 Å². The maximum absolute atomic E-state index is 12.8. The van der Waals surface area contributed by atoms with Crippen molar-refractivity contribution in [1.82, 2.24) is 5.32 Å². The standard InChI is InChI=1S/C26H31NO6/c1-25(2,3)14-33-24(29)26(10-11-26)15-32-21-18(8-9-20(30-4)22(21)31-5)16-6-7-19-17(12-16)13-27-23(19)28/h6-9,12H,10-11,13-15H2,1-5H3,(H,27,28). The number of ether oxygens (including phenoxy) is 4. The predicted molar refractivity (Wildman–Crippen MR) is 124 cm³/mol. The maximum atomic E-state index is 12.8. The van der Waals surface area contributed by atoms with Crippen molar-refractivity contribution in [3.63, 3.8) is 0 Å². The van der Waals surface area contributed by atoms with Crippen molar-refractivity contribution in [3.05, 3.63) is 41.5 Å². The quantitative estimate of drug-likeness (QED) is 0.598. The van der Waals surface area contributed by atoms with Gasteiger partial charge in [-0.1, -0.05) is 26.8 Å². The molecular formula is C26H31NO6. The fraction of sp³-hybridized carbons (Fsp3) is 0.462. The van der Waals surface area contributed by atoms with Crippen LogP contribution in [-0.4, -0.2) is 39.3 Å². The van der Waals surface area contributed by atoms with Gasteiger partial charge in [0.15, 0.2) is 11.5 Å². The lowest BCUT2D eigenvalue weighted by atomic mass is 9.98. The van der Waals surface area contributed by atoms with Gasteiger partial charge in [-0.2, -0.15) is 0 Å². The van der Waals surface area contributed by atoms with E-state index in [1.165, 1.54) is 0 Å². The molecule has 2 aromatic rings. The molecule has 0 radical (unpaired) electrons. The van der Waals surface area contributed by atoms with Gasteiger partial charge in [0.25, 0.3) is 5.91 Å². The first kappa shape index (κ1) is 23.0. The minimum atomic E-state index is -0.634. The molecule has 0 unspecified atom stereocenters. The zero-order chi connectivity index (χ0) is 23.8. The molecule has 1 aliphatic heterocycles. The van der Waals surface area contributed by atoms with E-state index in [0.717, 1.165) is 29.5 Å². The number of carbonyl (C=O) groups excluding carboxylic acids is 2. The van der Waals surface area contributed by atoms with Gasteiger partial charge < -0.3 is 24.3 Å². The van der Waals surface area contributed by atoms with Crippen LogP contribution in [0.3, 0.4) is 0 Å². The first-order valence-electron chi connectivity index (χ1n) is 11.1. The molecule has 1 amide bonds. The van der Waals surface area contributed by atoms with Crippen LogP contribution in [0.5, 0.6) is 17.2 Å². The predicted octanol–water partition coefficient (Wildman–Crippen LogP) is 4.36. The lowest BCUT2D eigenvalue weighted by molar-refractivity contribution is -0.154. The minimum absolute atomic E-state index is 0.0650. The highest BCUT2D eigenvalue weighted by Crippen LogP contribution is 2.50. The lowest BCUT2D eigenvalue weighted by Crippen LogP contribution is -2.29. The van der Waals surface area contributed by atoms with Crippen LogP contribution in [0, 0.1) is 10.8 Å². The highest BCUT2D eigenvalue weighted by molar-refractivity contribution is 5.99. The molecule has 0 spiro atoms. The second kappa shape index (κ2) is 8.61. The number of benzene rings is 2. The summed E-state index contributed by atoms with van der Waals surface area (Å²) >= 11 is 0. The van der Waals surface area contributed by atoms with Crippen LogP contribution in [0.1, 0.15) is 49.5 Å². The molecule has 0 aromatic heterocycles. The largest absolute Gasteiger partial charge is 0.493 e. The normalized spacial score (nSPS) is 16.0. The monoisotopic (exact) mass is 453 g/mol. The summed E-state index contributed by atoms with van der Waals surface area (Å²) in [5.41, 5.74) is 2.57. The zero-order valence-electron chi connectivity index (χ0n) is 19.9. The SMILES string of the molecule is COc1ccc(-c2ccc3c(c2)CNC3=O)c(OCC2(C(=O)OCC(C)(C)C)CC2)c1OC. The summed E-state index contributed by atoms with van der Waals surface area (Å²) in [6.45, 7) is 7.14. The first-order chi connectivity index (χ1) is 15.7. The molecule has 0 bridgehead atoms. The molecule has 4 rings (SSSR count). The third-order valence-electron chi connectivity index (χ3n) is 6.02. The summed E-state index contributed by atoms with van der Waals surface area (Å²) in [4.78, 5) is 24.7. The lowest BCUT2D eigenvalue weighted by Gasteiger charge is -2.23. The fourth-order valence-electron chi connectivity index (χ4n) is 3.87. The van der Waals surface area contributed by atoms with Gasteiger partial charge in [-0.25, -0.2) is 0 Å². The average molecular weight is 454 g/mol. The molecule has 0 atom stereocenters. The number of carbonyl (C=O) groups is 2. The fourth-order valence-corrected chi connectivity index (χ4v) is 3.87. The van der Waals surface area contributed by atoms with Crippen LogP contribution in [0.15, 0.2) is 30.3 Å². The van der Waals surface area contributed by atoms with E-state index in [1.54, 1.807) is 14.2 Å². The van der Waals surface area contributed by atoms with Crippen LogP contribution in [0.25, 0.3) is 11.1 Å². The van der Waals surface area contributed by atoms with Crippen LogP contribution < -0.4 is 19.5 Å². The Kier molecular flexibility index (Phi) is 5.99. The van der Waals surface area contributed by atoms with Crippen molar-refractivity contribution in [2.75, 3.05) is 27.4 Å². The third-order valence-corrected chi connectivity index (χ3v) is 6.02. The number of nitrogens with one attached hydrogen (secondary N) is 1. The van der Waals surface area contributed by atoms with E-state index in [1.807, 2.05) is 51.1 Å². The van der Waals surface area contributed by atoms with Gasteiger partial charge in [-0.15, -0.1) is 0 Å². The Bertz CT molecular complexity index is 1080. The number of hydrogen-bond donors (Lipinski definition) is 1. The molecule has 2 aromatic carbocycles. The number of esters is 1. The van der Waals surface area contributed by atoms with Crippen molar-refractivity contribution in [3.8, 4) is 28.4 Å². The Morgan fingerprint density at radius 1 is 1.03 bits per heavy atom. The first-order valence-corrected chi connectivity index (χ1v) is 11.1. The summed E-state index contributed by atoms with van der Waals surface area (Å²) in [7, 11) is 3.13. The maximum Gasteiger partial charge on any atom is 0.315 e. The Hall–Kier alpha value is -3.22. The van der Waals surface area contributed by atoms with Gasteiger partial charge in [0.05, 0.1) is 20.8 Å². The van der Waals surface area contributed by atoms with Crippen molar-refractivity contribution in [2.45, 2.75) is 40.2 Å². The van der Waals surface area contributed by atoms with E-state index in [2.05, 4.69) is 5.32 Å². The smallest absolute Gasteiger partial charge is 0.315 e. The molecule has 1 aliphatic carbocycles. The van der Waals surface area contributed by atoms with E-state index < -0.39 is 5.41 Å². The van der Waals surface area contributed by atoms with Crippen LogP contribution >= 0.6 is 0 Å². The third kappa shape index (κ3) is 4.63.